The van der Waals surface area contributed by atoms with Gasteiger partial charge < -0.3 is 10.6 Å². The van der Waals surface area contributed by atoms with E-state index in [1.807, 2.05) is 19.1 Å². The lowest BCUT2D eigenvalue weighted by atomic mass is 10.1. The van der Waals surface area contributed by atoms with Crippen LogP contribution in [0.5, 0.6) is 0 Å². The van der Waals surface area contributed by atoms with Crippen molar-refractivity contribution in [2.75, 3.05) is 17.8 Å². The summed E-state index contributed by atoms with van der Waals surface area (Å²) >= 11 is 0. The van der Waals surface area contributed by atoms with Gasteiger partial charge in [-0.15, -0.1) is 12.4 Å². The average Bonchev–Trinajstić information content (AvgIpc) is 2.64. The third-order valence-corrected chi connectivity index (χ3v) is 5.94. The summed E-state index contributed by atoms with van der Waals surface area (Å²) in [5.41, 5.74) is 7.90. The van der Waals surface area contributed by atoms with E-state index in [0.29, 0.717) is 24.3 Å². The summed E-state index contributed by atoms with van der Waals surface area (Å²) in [6.45, 7) is 3.20. The van der Waals surface area contributed by atoms with E-state index in [4.69, 9.17) is 5.73 Å². The molecule has 1 aliphatic rings. The minimum atomic E-state index is -3.69. The molecule has 1 amide bonds. The van der Waals surface area contributed by atoms with Gasteiger partial charge >= 0.3 is 0 Å². The Morgan fingerprint density at radius 2 is 1.59 bits per heavy atom. The zero-order chi connectivity index (χ0) is 18.7. The highest BCUT2D eigenvalue weighted by molar-refractivity contribution is 7.92. The van der Waals surface area contributed by atoms with Crippen molar-refractivity contribution >= 4 is 34.0 Å². The molecule has 0 atom stereocenters. The SMILES string of the molecule is Cc1ccc(NS(=O)(=O)c2ccc(C(=O)N3CCC(N)CC3)cc2)cc1.Cl. The number of carbonyl (C=O) groups is 1. The lowest BCUT2D eigenvalue weighted by molar-refractivity contribution is 0.0714. The second kappa shape index (κ2) is 8.73. The summed E-state index contributed by atoms with van der Waals surface area (Å²) in [5.74, 6) is -0.0904. The van der Waals surface area contributed by atoms with Gasteiger partial charge in [-0.3, -0.25) is 9.52 Å². The molecule has 3 N–H and O–H groups in total. The molecule has 0 bridgehead atoms. The number of hydrogen-bond donors (Lipinski definition) is 2. The van der Waals surface area contributed by atoms with Crippen LogP contribution < -0.4 is 10.5 Å². The zero-order valence-electron chi connectivity index (χ0n) is 15.1. The van der Waals surface area contributed by atoms with Crippen molar-refractivity contribution in [2.24, 2.45) is 5.73 Å². The number of rotatable bonds is 4. The Hall–Kier alpha value is -2.09. The van der Waals surface area contributed by atoms with Gasteiger partial charge in [0.25, 0.3) is 15.9 Å². The number of hydrogen-bond acceptors (Lipinski definition) is 4. The number of aryl methyl sites for hydroxylation is 1. The zero-order valence-corrected chi connectivity index (χ0v) is 16.7. The first kappa shape index (κ1) is 21.2. The number of piperidine rings is 1. The minimum Gasteiger partial charge on any atom is -0.339 e. The summed E-state index contributed by atoms with van der Waals surface area (Å²) in [4.78, 5) is 14.4. The van der Waals surface area contributed by atoms with Crippen LogP contribution in [-0.4, -0.2) is 38.4 Å². The van der Waals surface area contributed by atoms with Gasteiger partial charge in [0, 0.05) is 30.4 Å². The van der Waals surface area contributed by atoms with Crippen molar-refractivity contribution in [1.82, 2.24) is 4.90 Å². The molecule has 1 fully saturated rings. The van der Waals surface area contributed by atoms with Gasteiger partial charge in [0.05, 0.1) is 4.90 Å². The molecule has 2 aromatic rings. The topological polar surface area (TPSA) is 92.5 Å². The molecule has 27 heavy (non-hydrogen) atoms. The van der Waals surface area contributed by atoms with E-state index < -0.39 is 10.0 Å². The molecule has 0 radical (unpaired) electrons. The van der Waals surface area contributed by atoms with E-state index in [0.717, 1.165) is 18.4 Å². The number of amides is 1. The second-order valence-corrected chi connectivity index (χ2v) is 8.31. The largest absolute Gasteiger partial charge is 0.339 e. The van der Waals surface area contributed by atoms with E-state index in [1.165, 1.54) is 12.1 Å². The highest BCUT2D eigenvalue weighted by atomic mass is 35.5. The summed E-state index contributed by atoms with van der Waals surface area (Å²) in [7, 11) is -3.69. The Morgan fingerprint density at radius 1 is 1.04 bits per heavy atom. The van der Waals surface area contributed by atoms with Crippen molar-refractivity contribution in [3.63, 3.8) is 0 Å². The van der Waals surface area contributed by atoms with Gasteiger partial charge in [-0.25, -0.2) is 8.42 Å². The molecule has 1 aliphatic heterocycles. The molecule has 3 rings (SSSR count). The van der Waals surface area contributed by atoms with Crippen molar-refractivity contribution < 1.29 is 13.2 Å². The third-order valence-electron chi connectivity index (χ3n) is 4.54. The Labute approximate surface area is 166 Å². The number of benzene rings is 2. The van der Waals surface area contributed by atoms with Crippen LogP contribution in [0, 0.1) is 6.92 Å². The summed E-state index contributed by atoms with van der Waals surface area (Å²) in [5, 5.41) is 0. The molecule has 8 heteroatoms. The van der Waals surface area contributed by atoms with Gasteiger partial charge in [0.2, 0.25) is 0 Å². The maximum atomic E-state index is 12.5. The monoisotopic (exact) mass is 409 g/mol. The van der Waals surface area contributed by atoms with Crippen LogP contribution in [-0.2, 0) is 10.0 Å². The second-order valence-electron chi connectivity index (χ2n) is 6.63. The predicted octanol–water partition coefficient (Wildman–Crippen LogP) is 2.78. The normalized spacial score (nSPS) is 15.1. The van der Waals surface area contributed by atoms with Crippen LogP contribution in [0.3, 0.4) is 0 Å². The standard InChI is InChI=1S/C19H23N3O3S.ClH/c1-14-2-6-17(7-3-14)21-26(24,25)18-8-4-15(5-9-18)19(23)22-12-10-16(20)11-13-22;/h2-9,16,21H,10-13,20H2,1H3;1H. The molecule has 0 unspecified atom stereocenters. The highest BCUT2D eigenvalue weighted by Crippen LogP contribution is 2.19. The van der Waals surface area contributed by atoms with Gasteiger partial charge in [-0.2, -0.15) is 0 Å². The van der Waals surface area contributed by atoms with Crippen LogP contribution in [0.1, 0.15) is 28.8 Å². The van der Waals surface area contributed by atoms with Crippen molar-refractivity contribution in [2.45, 2.75) is 30.7 Å². The van der Waals surface area contributed by atoms with Crippen molar-refractivity contribution in [3.8, 4) is 0 Å². The molecule has 6 nitrogen and oxygen atoms in total. The number of likely N-dealkylation sites (tertiary alicyclic amines) is 1. The fourth-order valence-corrected chi connectivity index (χ4v) is 3.96. The van der Waals surface area contributed by atoms with Crippen LogP contribution in [0.4, 0.5) is 5.69 Å². The summed E-state index contributed by atoms with van der Waals surface area (Å²) in [6, 6.07) is 13.3. The number of nitrogens with one attached hydrogen (secondary N) is 1. The van der Waals surface area contributed by atoms with E-state index in [9.17, 15) is 13.2 Å². The average molecular weight is 410 g/mol. The predicted molar refractivity (Wildman–Crippen MR) is 109 cm³/mol. The maximum Gasteiger partial charge on any atom is 0.261 e. The van der Waals surface area contributed by atoms with Gasteiger partial charge in [-0.1, -0.05) is 17.7 Å². The summed E-state index contributed by atoms with van der Waals surface area (Å²) < 4.78 is 27.5. The molecular formula is C19H24ClN3O3S. The highest BCUT2D eigenvalue weighted by Gasteiger charge is 2.22. The molecule has 0 aromatic heterocycles. The molecule has 1 heterocycles. The molecule has 2 aromatic carbocycles. The molecule has 1 saturated heterocycles. The Morgan fingerprint density at radius 3 is 2.15 bits per heavy atom. The van der Waals surface area contributed by atoms with E-state index in [1.54, 1.807) is 29.2 Å². The number of nitrogens with zero attached hydrogens (tertiary/aromatic N) is 1. The molecule has 146 valence electrons. The van der Waals surface area contributed by atoms with Crippen molar-refractivity contribution in [1.29, 1.82) is 0 Å². The lowest BCUT2D eigenvalue weighted by Gasteiger charge is -2.30. The first-order valence-corrected chi connectivity index (χ1v) is 10.1. The lowest BCUT2D eigenvalue weighted by Crippen LogP contribution is -2.42. The molecule has 0 saturated carbocycles. The van der Waals surface area contributed by atoms with Gasteiger partial charge in [-0.05, 0) is 56.2 Å². The maximum absolute atomic E-state index is 12.5. The minimum absolute atomic E-state index is 0. The fourth-order valence-electron chi connectivity index (χ4n) is 2.90. The Bertz CT molecular complexity index is 875. The Balaban J connectivity index is 0.00000261. The molecular weight excluding hydrogens is 386 g/mol. The van der Waals surface area contributed by atoms with Gasteiger partial charge in [0.15, 0.2) is 0 Å². The van der Waals surface area contributed by atoms with E-state index in [-0.39, 0.29) is 29.3 Å². The number of sulfonamides is 1. The van der Waals surface area contributed by atoms with Crippen molar-refractivity contribution in [3.05, 3.63) is 59.7 Å². The van der Waals surface area contributed by atoms with E-state index >= 15 is 0 Å². The Kier molecular flexibility index (Phi) is 6.86. The van der Waals surface area contributed by atoms with Crippen LogP contribution >= 0.6 is 12.4 Å². The molecule has 0 spiro atoms. The van der Waals surface area contributed by atoms with Gasteiger partial charge in [0.1, 0.15) is 0 Å². The number of carbonyl (C=O) groups excluding carboxylic acids is 1. The first-order chi connectivity index (χ1) is 12.3. The number of nitrogens with two attached hydrogens (primary N) is 1. The van der Waals surface area contributed by atoms with Crippen LogP contribution in [0.15, 0.2) is 53.4 Å². The number of halogens is 1. The molecule has 0 aliphatic carbocycles. The summed E-state index contributed by atoms with van der Waals surface area (Å²) in [6.07, 6.45) is 1.58. The fraction of sp³-hybridized carbons (Fsp3) is 0.316. The first-order valence-electron chi connectivity index (χ1n) is 8.59. The van der Waals surface area contributed by atoms with Crippen LogP contribution in [0.2, 0.25) is 0 Å². The van der Waals surface area contributed by atoms with E-state index in [2.05, 4.69) is 4.72 Å². The number of anilines is 1. The smallest absolute Gasteiger partial charge is 0.261 e. The van der Waals surface area contributed by atoms with Crippen LogP contribution in [0.25, 0.3) is 0 Å². The quantitative estimate of drug-likeness (QED) is 0.812. The third kappa shape index (κ3) is 5.22.